The van der Waals surface area contributed by atoms with Crippen molar-refractivity contribution in [2.75, 3.05) is 24.2 Å². The van der Waals surface area contributed by atoms with Crippen molar-refractivity contribution >= 4 is 17.4 Å². The lowest BCUT2D eigenvalue weighted by Crippen LogP contribution is -2.44. The second-order valence-corrected chi connectivity index (χ2v) is 9.88. The van der Waals surface area contributed by atoms with Crippen LogP contribution in [-0.4, -0.2) is 29.3 Å². The van der Waals surface area contributed by atoms with Crippen LogP contribution in [0.3, 0.4) is 0 Å². The number of nitrogens with one attached hydrogen (secondary N) is 1. The first-order valence-electron chi connectivity index (χ1n) is 9.71. The van der Waals surface area contributed by atoms with E-state index in [2.05, 4.69) is 60.8 Å². The summed E-state index contributed by atoms with van der Waals surface area (Å²) in [5.41, 5.74) is 5.12. The number of aromatic nitrogens is 2. The zero-order valence-electron chi connectivity index (χ0n) is 17.1. The Hall–Kier alpha value is -2.26. The molecule has 0 unspecified atom stereocenters. The molecule has 1 aromatic heterocycles. The standard InChI is InChI=1S/C22H26N4OS/c1-21(2)6-8-26-9-7-22(3,4)16-11-13(10-15(21)18(16)26)17-14(12-23)19(27)25-20(24-17)28-5/h10-11H,6-9H2,1-5H3,(H,24,25,27). The summed E-state index contributed by atoms with van der Waals surface area (Å²) in [6, 6.07) is 6.40. The lowest BCUT2D eigenvalue weighted by atomic mass is 9.69. The Bertz CT molecular complexity index is 1020. The van der Waals surface area contributed by atoms with E-state index in [1.165, 1.54) is 28.6 Å². The van der Waals surface area contributed by atoms with Crippen molar-refractivity contribution < 1.29 is 0 Å². The number of thioether (sulfide) groups is 1. The Labute approximate surface area is 170 Å². The van der Waals surface area contributed by atoms with Gasteiger partial charge in [-0.1, -0.05) is 39.5 Å². The van der Waals surface area contributed by atoms with Crippen LogP contribution in [-0.2, 0) is 10.8 Å². The molecule has 5 nitrogen and oxygen atoms in total. The fourth-order valence-electron chi connectivity index (χ4n) is 4.44. The predicted octanol–water partition coefficient (Wildman–Crippen LogP) is 4.20. The van der Waals surface area contributed by atoms with Gasteiger partial charge in [0, 0.05) is 24.3 Å². The van der Waals surface area contributed by atoms with Crippen LogP contribution in [0.2, 0.25) is 0 Å². The second kappa shape index (κ2) is 6.38. The van der Waals surface area contributed by atoms with E-state index in [0.29, 0.717) is 10.9 Å². The van der Waals surface area contributed by atoms with E-state index in [1.807, 2.05) is 6.26 Å². The highest BCUT2D eigenvalue weighted by molar-refractivity contribution is 7.98. The van der Waals surface area contributed by atoms with Crippen LogP contribution in [0.4, 0.5) is 5.69 Å². The minimum absolute atomic E-state index is 0.0420. The van der Waals surface area contributed by atoms with Crippen LogP contribution in [0.15, 0.2) is 22.1 Å². The average molecular weight is 395 g/mol. The molecule has 0 bridgehead atoms. The number of nitriles is 1. The maximum absolute atomic E-state index is 12.4. The van der Waals surface area contributed by atoms with Crippen LogP contribution >= 0.6 is 11.8 Å². The zero-order valence-corrected chi connectivity index (χ0v) is 18.0. The van der Waals surface area contributed by atoms with Gasteiger partial charge in [-0.2, -0.15) is 5.26 Å². The summed E-state index contributed by atoms with van der Waals surface area (Å²) in [6.07, 6.45) is 4.05. The molecule has 0 aliphatic carbocycles. The van der Waals surface area contributed by atoms with E-state index >= 15 is 0 Å². The topological polar surface area (TPSA) is 72.8 Å². The Kier molecular flexibility index (Phi) is 4.35. The summed E-state index contributed by atoms with van der Waals surface area (Å²) in [5, 5.41) is 10.2. The van der Waals surface area contributed by atoms with Gasteiger partial charge in [0.2, 0.25) is 0 Å². The number of benzene rings is 1. The van der Waals surface area contributed by atoms with Gasteiger partial charge in [0.05, 0.1) is 5.69 Å². The van der Waals surface area contributed by atoms with E-state index in [0.717, 1.165) is 31.5 Å². The zero-order chi connectivity index (χ0) is 20.3. The van der Waals surface area contributed by atoms with Gasteiger partial charge in [-0.3, -0.25) is 4.79 Å². The number of nitrogens with zero attached hydrogens (tertiary/aromatic N) is 3. The summed E-state index contributed by atoms with van der Waals surface area (Å²) < 4.78 is 0. The Morgan fingerprint density at radius 3 is 2.21 bits per heavy atom. The van der Waals surface area contributed by atoms with Crippen molar-refractivity contribution in [1.29, 1.82) is 5.26 Å². The molecule has 0 spiro atoms. The Balaban J connectivity index is 2.06. The van der Waals surface area contributed by atoms with E-state index in [1.54, 1.807) is 0 Å². The molecule has 0 saturated heterocycles. The molecule has 2 aliphatic rings. The van der Waals surface area contributed by atoms with Gasteiger partial charge in [0.15, 0.2) is 5.16 Å². The molecule has 0 radical (unpaired) electrons. The van der Waals surface area contributed by atoms with E-state index in [4.69, 9.17) is 0 Å². The van der Waals surface area contributed by atoms with Crippen molar-refractivity contribution in [2.45, 2.75) is 56.5 Å². The van der Waals surface area contributed by atoms with Crippen LogP contribution in [0.1, 0.15) is 57.2 Å². The second-order valence-electron chi connectivity index (χ2n) is 9.09. The lowest BCUT2D eigenvalue weighted by molar-refractivity contribution is 0.402. The highest BCUT2D eigenvalue weighted by atomic mass is 32.2. The number of H-pyrrole nitrogens is 1. The molecule has 0 amide bonds. The molecule has 1 aromatic carbocycles. The van der Waals surface area contributed by atoms with Crippen molar-refractivity contribution in [3.63, 3.8) is 0 Å². The fraction of sp³-hybridized carbons (Fsp3) is 0.500. The third-order valence-electron chi connectivity index (χ3n) is 6.37. The van der Waals surface area contributed by atoms with Gasteiger partial charge in [-0.25, -0.2) is 4.98 Å². The molecule has 2 aliphatic heterocycles. The third kappa shape index (κ3) is 2.84. The van der Waals surface area contributed by atoms with Gasteiger partial charge in [-0.05, 0) is 53.2 Å². The van der Waals surface area contributed by atoms with Gasteiger partial charge >= 0.3 is 0 Å². The lowest BCUT2D eigenvalue weighted by Gasteiger charge is -2.48. The molecular weight excluding hydrogens is 368 g/mol. The quantitative estimate of drug-likeness (QED) is 0.610. The number of hydrogen-bond acceptors (Lipinski definition) is 5. The first kappa shape index (κ1) is 19.1. The first-order chi connectivity index (χ1) is 13.2. The molecule has 0 fully saturated rings. The molecule has 28 heavy (non-hydrogen) atoms. The van der Waals surface area contributed by atoms with Crippen molar-refractivity contribution in [3.05, 3.63) is 39.2 Å². The van der Waals surface area contributed by atoms with Crippen molar-refractivity contribution in [2.24, 2.45) is 0 Å². The van der Waals surface area contributed by atoms with Crippen molar-refractivity contribution in [3.8, 4) is 17.3 Å². The maximum Gasteiger partial charge on any atom is 0.270 e. The highest BCUT2D eigenvalue weighted by Crippen LogP contribution is 2.50. The smallest absolute Gasteiger partial charge is 0.270 e. The minimum atomic E-state index is -0.372. The summed E-state index contributed by atoms with van der Waals surface area (Å²) in [7, 11) is 0. The SMILES string of the molecule is CSc1nc(-c2cc3c4c(c2)C(C)(C)CCN4CCC3(C)C)c(C#N)c(=O)[nH]1. The van der Waals surface area contributed by atoms with E-state index in [-0.39, 0.29) is 22.0 Å². The van der Waals surface area contributed by atoms with Crippen molar-refractivity contribution in [1.82, 2.24) is 9.97 Å². The summed E-state index contributed by atoms with van der Waals surface area (Å²) in [4.78, 5) is 22.3. The van der Waals surface area contributed by atoms with Crippen LogP contribution in [0, 0.1) is 11.3 Å². The van der Waals surface area contributed by atoms with Crippen LogP contribution in [0.25, 0.3) is 11.3 Å². The maximum atomic E-state index is 12.4. The monoisotopic (exact) mass is 394 g/mol. The normalized spacial score (nSPS) is 19.1. The number of rotatable bonds is 2. The van der Waals surface area contributed by atoms with Crippen LogP contribution < -0.4 is 10.5 Å². The predicted molar refractivity (Wildman–Crippen MR) is 114 cm³/mol. The van der Waals surface area contributed by atoms with Crippen LogP contribution in [0.5, 0.6) is 0 Å². The van der Waals surface area contributed by atoms with E-state index in [9.17, 15) is 10.1 Å². The summed E-state index contributed by atoms with van der Waals surface area (Å²) >= 11 is 1.38. The molecule has 0 saturated carbocycles. The number of hydrogen-bond donors (Lipinski definition) is 1. The van der Waals surface area contributed by atoms with Gasteiger partial charge < -0.3 is 9.88 Å². The van der Waals surface area contributed by atoms with Gasteiger partial charge in [0.1, 0.15) is 11.6 Å². The Morgan fingerprint density at radius 1 is 1.14 bits per heavy atom. The molecule has 0 atom stereocenters. The Morgan fingerprint density at radius 2 is 1.71 bits per heavy atom. The molecule has 4 rings (SSSR count). The first-order valence-corrected chi connectivity index (χ1v) is 10.9. The van der Waals surface area contributed by atoms with Gasteiger partial charge in [0.25, 0.3) is 5.56 Å². The minimum Gasteiger partial charge on any atom is -0.371 e. The largest absolute Gasteiger partial charge is 0.371 e. The average Bonchev–Trinajstić information content (AvgIpc) is 2.65. The summed E-state index contributed by atoms with van der Waals surface area (Å²) in [5.74, 6) is 0. The number of aromatic amines is 1. The molecule has 6 heteroatoms. The third-order valence-corrected chi connectivity index (χ3v) is 6.95. The summed E-state index contributed by atoms with van der Waals surface area (Å²) in [6.45, 7) is 11.3. The highest BCUT2D eigenvalue weighted by Gasteiger charge is 2.40. The molecule has 146 valence electrons. The molecule has 1 N–H and O–H groups in total. The molecule has 2 aromatic rings. The van der Waals surface area contributed by atoms with Gasteiger partial charge in [-0.15, -0.1) is 0 Å². The fourth-order valence-corrected chi connectivity index (χ4v) is 4.82. The molecule has 3 heterocycles. The number of anilines is 1. The van der Waals surface area contributed by atoms with E-state index < -0.39 is 0 Å². The molecular formula is C22H26N4OS.